The first-order valence-electron chi connectivity index (χ1n) is 8.54. The van der Waals surface area contributed by atoms with Gasteiger partial charge < -0.3 is 5.73 Å². The summed E-state index contributed by atoms with van der Waals surface area (Å²) in [5.74, 6) is -0.285. The van der Waals surface area contributed by atoms with E-state index in [0.29, 0.717) is 28.6 Å². The lowest BCUT2D eigenvalue weighted by Crippen LogP contribution is -2.40. The first-order chi connectivity index (χ1) is 13.6. The van der Waals surface area contributed by atoms with Gasteiger partial charge in [0.25, 0.3) is 0 Å². The van der Waals surface area contributed by atoms with E-state index in [4.69, 9.17) is 11.0 Å². The second kappa shape index (κ2) is 7.83. The lowest BCUT2D eigenvalue weighted by atomic mass is 9.90. The molecule has 6 nitrogen and oxygen atoms in total. The lowest BCUT2D eigenvalue weighted by molar-refractivity contribution is -0.132. The highest BCUT2D eigenvalue weighted by Gasteiger charge is 2.48. The van der Waals surface area contributed by atoms with Crippen LogP contribution in [0, 0.1) is 11.3 Å². The topological polar surface area (TPSA) is 105 Å². The average Bonchev–Trinajstić information content (AvgIpc) is 2.67. The Kier molecular flexibility index (Phi) is 5.61. The summed E-state index contributed by atoms with van der Waals surface area (Å²) in [5, 5.41) is 6.97. The Hall–Kier alpha value is -2.93. The van der Waals surface area contributed by atoms with Crippen LogP contribution in [-0.4, -0.2) is 32.3 Å². The maximum atomic E-state index is 13.2. The van der Waals surface area contributed by atoms with Gasteiger partial charge in [-0.25, -0.2) is 4.99 Å². The molecule has 0 unspecified atom stereocenters. The molecule has 0 amide bonds. The molecule has 2 atom stereocenters. The van der Waals surface area contributed by atoms with Crippen molar-refractivity contribution in [2.75, 3.05) is 0 Å². The minimum Gasteiger partial charge on any atom is -0.378 e. The fraction of sp³-hybridized carbons (Fsp3) is 0.316. The Bertz CT molecular complexity index is 1000. The van der Waals surface area contributed by atoms with Crippen molar-refractivity contribution in [2.45, 2.75) is 36.7 Å². The van der Waals surface area contributed by atoms with E-state index >= 15 is 0 Å². The normalized spacial score (nSPS) is 21.9. The largest absolute Gasteiger partial charge is 0.401 e. The van der Waals surface area contributed by atoms with Gasteiger partial charge in [-0.2, -0.15) is 18.4 Å². The zero-order valence-electron chi connectivity index (χ0n) is 15.3. The number of alkyl halides is 3. The van der Waals surface area contributed by atoms with E-state index < -0.39 is 17.0 Å². The van der Waals surface area contributed by atoms with Gasteiger partial charge in [0, 0.05) is 18.8 Å². The first kappa shape index (κ1) is 20.8. The van der Waals surface area contributed by atoms with Crippen LogP contribution >= 0.6 is 11.8 Å². The molecule has 0 radical (unpaired) electrons. The lowest BCUT2D eigenvalue weighted by Gasteiger charge is -2.34. The van der Waals surface area contributed by atoms with Crippen LogP contribution in [0.1, 0.15) is 40.7 Å². The molecule has 0 saturated carbocycles. The fourth-order valence-electron chi connectivity index (χ4n) is 2.99. The van der Waals surface area contributed by atoms with Crippen molar-refractivity contribution in [1.29, 1.82) is 5.26 Å². The van der Waals surface area contributed by atoms with E-state index in [2.05, 4.69) is 15.0 Å². The van der Waals surface area contributed by atoms with Gasteiger partial charge >= 0.3 is 6.18 Å². The summed E-state index contributed by atoms with van der Waals surface area (Å²) in [4.78, 5) is 24.8. The molecule has 2 aromatic heterocycles. The van der Waals surface area contributed by atoms with Crippen molar-refractivity contribution in [2.24, 2.45) is 10.7 Å². The molecule has 0 saturated heterocycles. The van der Waals surface area contributed by atoms with Crippen LogP contribution in [0.3, 0.4) is 0 Å². The fourth-order valence-corrected chi connectivity index (χ4v) is 4.07. The SMILES string of the molecule is C[C@@]1(c2cc(CC(=O)c3ccc(C#N)cn3)ccn2)C[C@@H](C(F)(F)F)SC(N)=N1. The zero-order chi connectivity index (χ0) is 21.2. The molecule has 1 aliphatic heterocycles. The number of nitriles is 1. The Labute approximate surface area is 169 Å². The van der Waals surface area contributed by atoms with E-state index in [9.17, 15) is 18.0 Å². The molecule has 150 valence electrons. The van der Waals surface area contributed by atoms with Crippen molar-refractivity contribution < 1.29 is 18.0 Å². The number of rotatable bonds is 4. The standard InChI is InChI=1S/C19H16F3N5OS/c1-18(8-16(19(20,21)22)29-17(24)27-18)15-7-11(4-5-25-15)6-14(28)13-3-2-12(9-23)10-26-13/h2-5,7,10,16H,6,8H2,1H3,(H2,24,27)/t16-,18-/m0/s1. The number of hydrogen-bond donors (Lipinski definition) is 1. The van der Waals surface area contributed by atoms with Gasteiger partial charge in [0.05, 0.1) is 11.3 Å². The monoisotopic (exact) mass is 419 g/mol. The highest BCUT2D eigenvalue weighted by Crippen LogP contribution is 2.44. The third-order valence-corrected chi connectivity index (χ3v) is 5.54. The molecule has 0 aromatic carbocycles. The number of halogens is 3. The van der Waals surface area contributed by atoms with Crippen molar-refractivity contribution in [3.63, 3.8) is 0 Å². The summed E-state index contributed by atoms with van der Waals surface area (Å²) < 4.78 is 39.7. The molecule has 0 spiro atoms. The van der Waals surface area contributed by atoms with Crippen molar-refractivity contribution in [3.05, 3.63) is 59.2 Å². The van der Waals surface area contributed by atoms with Crippen LogP contribution in [0.15, 0.2) is 41.7 Å². The van der Waals surface area contributed by atoms with Crippen LogP contribution in [0.5, 0.6) is 0 Å². The number of nitrogens with two attached hydrogens (primary N) is 1. The van der Waals surface area contributed by atoms with Gasteiger partial charge in [-0.05, 0) is 43.2 Å². The molecule has 3 rings (SSSR count). The minimum atomic E-state index is -4.42. The number of aromatic nitrogens is 2. The van der Waals surface area contributed by atoms with E-state index in [-0.39, 0.29) is 29.5 Å². The van der Waals surface area contributed by atoms with Gasteiger partial charge in [-0.3, -0.25) is 14.8 Å². The van der Waals surface area contributed by atoms with E-state index in [0.717, 1.165) is 0 Å². The molecule has 1 aliphatic rings. The zero-order valence-corrected chi connectivity index (χ0v) is 16.1. The van der Waals surface area contributed by atoms with Gasteiger partial charge in [0.1, 0.15) is 22.6 Å². The Morgan fingerprint density at radius 2 is 2.14 bits per heavy atom. The van der Waals surface area contributed by atoms with Crippen molar-refractivity contribution >= 4 is 22.7 Å². The second-order valence-electron chi connectivity index (χ2n) is 6.77. The number of pyridine rings is 2. The van der Waals surface area contributed by atoms with E-state index in [1.807, 2.05) is 6.07 Å². The third kappa shape index (κ3) is 4.74. The molecular formula is C19H16F3N5OS. The summed E-state index contributed by atoms with van der Waals surface area (Å²) in [6.45, 7) is 1.55. The molecule has 0 bridgehead atoms. The average molecular weight is 419 g/mol. The molecular weight excluding hydrogens is 403 g/mol. The second-order valence-corrected chi connectivity index (χ2v) is 7.99. The van der Waals surface area contributed by atoms with E-state index in [1.165, 1.54) is 24.5 Å². The summed E-state index contributed by atoms with van der Waals surface area (Å²) in [7, 11) is 0. The van der Waals surface area contributed by atoms with Crippen LogP contribution < -0.4 is 5.73 Å². The minimum absolute atomic E-state index is 0.0128. The van der Waals surface area contributed by atoms with Crippen LogP contribution in [-0.2, 0) is 12.0 Å². The van der Waals surface area contributed by atoms with Gasteiger partial charge in [0.15, 0.2) is 11.0 Å². The number of Topliss-reactive ketones (excluding diaryl/α,β-unsaturated/α-hetero) is 1. The third-order valence-electron chi connectivity index (χ3n) is 4.49. The number of amidine groups is 1. The van der Waals surface area contributed by atoms with Gasteiger partial charge in [-0.1, -0.05) is 11.8 Å². The van der Waals surface area contributed by atoms with Crippen LogP contribution in [0.25, 0.3) is 0 Å². The molecule has 2 aromatic rings. The number of thioether (sulfide) groups is 1. The Morgan fingerprint density at radius 1 is 1.38 bits per heavy atom. The predicted molar refractivity (Wildman–Crippen MR) is 102 cm³/mol. The smallest absolute Gasteiger partial charge is 0.378 e. The molecule has 10 heteroatoms. The first-order valence-corrected chi connectivity index (χ1v) is 9.42. The summed E-state index contributed by atoms with van der Waals surface area (Å²) in [5.41, 5.74) is 5.82. The number of aliphatic imine (C=N–C) groups is 1. The summed E-state index contributed by atoms with van der Waals surface area (Å²) in [6.07, 6.45) is -1.99. The number of nitrogens with zero attached hydrogens (tertiary/aromatic N) is 4. The molecule has 29 heavy (non-hydrogen) atoms. The summed E-state index contributed by atoms with van der Waals surface area (Å²) in [6, 6.07) is 8.06. The molecule has 2 N–H and O–H groups in total. The van der Waals surface area contributed by atoms with Gasteiger partial charge in [0.2, 0.25) is 0 Å². The highest BCUT2D eigenvalue weighted by atomic mass is 32.2. The molecule has 0 fully saturated rings. The number of hydrogen-bond acceptors (Lipinski definition) is 7. The molecule has 3 heterocycles. The highest BCUT2D eigenvalue weighted by molar-refractivity contribution is 8.14. The Morgan fingerprint density at radius 3 is 2.76 bits per heavy atom. The summed E-state index contributed by atoms with van der Waals surface area (Å²) >= 11 is 0.495. The van der Waals surface area contributed by atoms with Gasteiger partial charge in [-0.15, -0.1) is 0 Å². The molecule has 0 aliphatic carbocycles. The Balaban J connectivity index is 1.84. The predicted octanol–water partition coefficient (Wildman–Crippen LogP) is 3.37. The number of ketones is 1. The number of carbonyl (C=O) groups is 1. The quantitative estimate of drug-likeness (QED) is 0.762. The van der Waals surface area contributed by atoms with E-state index in [1.54, 1.807) is 19.1 Å². The maximum Gasteiger partial charge on any atom is 0.401 e. The van der Waals surface area contributed by atoms with Crippen LogP contribution in [0.4, 0.5) is 13.2 Å². The van der Waals surface area contributed by atoms with Crippen LogP contribution in [0.2, 0.25) is 0 Å². The van der Waals surface area contributed by atoms with Crippen molar-refractivity contribution in [3.8, 4) is 6.07 Å². The van der Waals surface area contributed by atoms with Crippen molar-refractivity contribution in [1.82, 2.24) is 9.97 Å². The maximum absolute atomic E-state index is 13.2. The number of carbonyl (C=O) groups excluding carboxylic acids is 1.